The Morgan fingerprint density at radius 2 is 2.14 bits per heavy atom. The number of hydrogen-bond acceptors (Lipinski definition) is 11. The number of anilines is 4. The van der Waals surface area contributed by atoms with Gasteiger partial charge >= 0.3 is 6.09 Å². The van der Waals surface area contributed by atoms with Crippen LogP contribution in [-0.4, -0.2) is 69.2 Å². The van der Waals surface area contributed by atoms with Crippen LogP contribution in [0.2, 0.25) is 5.02 Å². The average Bonchev–Trinajstić information content (AvgIpc) is 3.30. The van der Waals surface area contributed by atoms with E-state index in [4.69, 9.17) is 16.3 Å². The lowest BCUT2D eigenvalue weighted by Gasteiger charge is -2.38. The summed E-state index contributed by atoms with van der Waals surface area (Å²) in [4.78, 5) is 22.3. The summed E-state index contributed by atoms with van der Waals surface area (Å²) < 4.78 is 6.27. The second-order valence-electron chi connectivity index (χ2n) is 8.17. The fourth-order valence-corrected chi connectivity index (χ4v) is 4.33. The van der Waals surface area contributed by atoms with Gasteiger partial charge in [-0.15, -0.1) is 5.10 Å². The summed E-state index contributed by atoms with van der Waals surface area (Å²) in [5.41, 5.74) is 1.86. The van der Waals surface area contributed by atoms with E-state index in [9.17, 15) is 20.4 Å². The maximum Gasteiger partial charge on any atom is 0.407 e. The lowest BCUT2D eigenvalue weighted by molar-refractivity contribution is 0.0977. The quantitative estimate of drug-likeness (QED) is 0.356. The minimum Gasteiger partial charge on any atom is -0.450 e. The average molecular weight is 525 g/mol. The van der Waals surface area contributed by atoms with Crippen molar-refractivity contribution in [3.05, 3.63) is 34.6 Å². The van der Waals surface area contributed by atoms with Crippen molar-refractivity contribution in [3.63, 3.8) is 0 Å². The van der Waals surface area contributed by atoms with Crippen LogP contribution in [-0.2, 0) is 4.74 Å². The first-order valence-corrected chi connectivity index (χ1v) is 12.0. The molecule has 2 atom stereocenters. The zero-order valence-corrected chi connectivity index (χ0v) is 21.0. The van der Waals surface area contributed by atoms with Crippen molar-refractivity contribution in [3.8, 4) is 12.1 Å². The number of hydrogen-bond donors (Lipinski definition) is 4. The number of nitrogens with zero attached hydrogens (tertiary/aromatic N) is 7. The van der Waals surface area contributed by atoms with Crippen LogP contribution in [0.4, 0.5) is 27.9 Å². The van der Waals surface area contributed by atoms with Crippen molar-refractivity contribution in [2.24, 2.45) is 0 Å². The fourth-order valence-electron chi connectivity index (χ4n) is 4.05. The number of benzene rings is 1. The van der Waals surface area contributed by atoms with Crippen molar-refractivity contribution in [1.29, 1.82) is 10.5 Å². The number of imidazole rings is 1. The SMILES string of the molecule is CCNc1nc(Nc2cc(C#N)cc(N3CC[C@@H](NC(=O)OCC)[C@H](O)C3)c2Cl)nn2c(C#N)cnc12. The van der Waals surface area contributed by atoms with Crippen molar-refractivity contribution < 1.29 is 14.6 Å². The van der Waals surface area contributed by atoms with Gasteiger partial charge in [0, 0.05) is 19.6 Å². The van der Waals surface area contributed by atoms with Crippen LogP contribution in [0.1, 0.15) is 31.5 Å². The topological polar surface area (TPSA) is 177 Å². The Morgan fingerprint density at radius 3 is 2.81 bits per heavy atom. The van der Waals surface area contributed by atoms with E-state index in [2.05, 4.69) is 37.1 Å². The smallest absolute Gasteiger partial charge is 0.407 e. The maximum atomic E-state index is 11.8. The molecule has 0 saturated carbocycles. The van der Waals surface area contributed by atoms with E-state index < -0.39 is 18.2 Å². The Hall–Kier alpha value is -4.33. The number of amides is 1. The molecular formula is C23H25ClN10O3. The number of nitrogens with one attached hydrogen (secondary N) is 3. The first kappa shape index (κ1) is 25.8. The van der Waals surface area contributed by atoms with Crippen LogP contribution >= 0.6 is 11.6 Å². The van der Waals surface area contributed by atoms with Gasteiger partial charge in [0.25, 0.3) is 0 Å². The number of aromatic nitrogens is 4. The number of nitriles is 2. The highest BCUT2D eigenvalue weighted by Crippen LogP contribution is 2.37. The highest BCUT2D eigenvalue weighted by molar-refractivity contribution is 6.36. The Morgan fingerprint density at radius 1 is 1.32 bits per heavy atom. The van der Waals surface area contributed by atoms with Crippen LogP contribution in [0.15, 0.2) is 18.3 Å². The number of alkyl carbamates (subject to hydrolysis) is 1. The molecule has 0 bridgehead atoms. The third kappa shape index (κ3) is 5.43. The summed E-state index contributed by atoms with van der Waals surface area (Å²) in [7, 11) is 0. The van der Waals surface area contributed by atoms with Crippen LogP contribution in [0.5, 0.6) is 0 Å². The number of fused-ring (bicyclic) bond motifs is 1. The third-order valence-electron chi connectivity index (χ3n) is 5.75. The van der Waals surface area contributed by atoms with E-state index in [0.29, 0.717) is 52.9 Å². The van der Waals surface area contributed by atoms with Gasteiger partial charge in [0.05, 0.1) is 53.0 Å². The highest BCUT2D eigenvalue weighted by Gasteiger charge is 2.31. The van der Waals surface area contributed by atoms with Gasteiger partial charge in [-0.2, -0.15) is 20.0 Å². The molecule has 3 aromatic rings. The second kappa shape index (κ2) is 11.2. The molecule has 0 spiro atoms. The lowest BCUT2D eigenvalue weighted by Crippen LogP contribution is -2.54. The molecule has 1 aromatic carbocycles. The zero-order chi connectivity index (χ0) is 26.5. The number of aliphatic hydroxyl groups is 1. The molecular weight excluding hydrogens is 500 g/mol. The summed E-state index contributed by atoms with van der Waals surface area (Å²) in [5.74, 6) is 0.562. The minimum atomic E-state index is -0.879. The molecule has 4 rings (SSSR count). The number of carbonyl (C=O) groups excluding carboxylic acids is 1. The van der Waals surface area contributed by atoms with E-state index >= 15 is 0 Å². The summed E-state index contributed by atoms with van der Waals surface area (Å²) in [6, 6.07) is 6.89. The summed E-state index contributed by atoms with van der Waals surface area (Å²) in [5, 5.41) is 43.2. The van der Waals surface area contributed by atoms with Crippen molar-refractivity contribution in [1.82, 2.24) is 24.9 Å². The number of aliphatic hydroxyl groups excluding tert-OH is 1. The summed E-state index contributed by atoms with van der Waals surface area (Å²) in [6.07, 6.45) is 0.388. The summed E-state index contributed by atoms with van der Waals surface area (Å²) in [6.45, 7) is 5.06. The molecule has 3 heterocycles. The largest absolute Gasteiger partial charge is 0.450 e. The Labute approximate surface area is 217 Å². The zero-order valence-electron chi connectivity index (χ0n) is 20.2. The number of carbonyl (C=O) groups is 1. The van der Waals surface area contributed by atoms with E-state index in [0.717, 1.165) is 0 Å². The van der Waals surface area contributed by atoms with Gasteiger partial charge in [0.1, 0.15) is 6.07 Å². The summed E-state index contributed by atoms with van der Waals surface area (Å²) >= 11 is 6.76. The predicted molar refractivity (Wildman–Crippen MR) is 136 cm³/mol. The van der Waals surface area contributed by atoms with Crippen LogP contribution in [0.3, 0.4) is 0 Å². The minimum absolute atomic E-state index is 0.137. The van der Waals surface area contributed by atoms with E-state index in [-0.39, 0.29) is 24.8 Å². The molecule has 37 heavy (non-hydrogen) atoms. The van der Waals surface area contributed by atoms with E-state index in [1.165, 1.54) is 10.7 Å². The molecule has 0 aliphatic carbocycles. The molecule has 13 nitrogen and oxygen atoms in total. The number of ether oxygens (including phenoxy) is 1. The Bertz CT molecular complexity index is 1400. The maximum absolute atomic E-state index is 11.8. The number of piperidine rings is 1. The third-order valence-corrected chi connectivity index (χ3v) is 6.15. The van der Waals surface area contributed by atoms with Gasteiger partial charge in [0.15, 0.2) is 17.2 Å². The number of β-amino-alcohol motifs (C(OH)–C–C–N with tert-alkyl or cyclic N) is 1. The van der Waals surface area contributed by atoms with Gasteiger partial charge < -0.3 is 30.7 Å². The Kier molecular flexibility index (Phi) is 7.77. The normalized spacial score (nSPS) is 17.1. The molecule has 192 valence electrons. The molecule has 14 heteroatoms. The standard InChI is InChI=1S/C23H25ClN10O3/c1-3-27-20-21-28-11-14(10-26)34(21)32-22(31-20)29-16-7-13(9-25)8-17(19(16)24)33-6-5-15(18(35)12-33)30-23(36)37-4-2/h7-8,11,15,18,35H,3-6,12H2,1-2H3,(H,30,36)(H2,27,29,31,32)/t15-,18-/m1/s1. The first-order chi connectivity index (χ1) is 17.9. The van der Waals surface area contributed by atoms with E-state index in [1.807, 2.05) is 17.9 Å². The Balaban J connectivity index is 1.63. The molecule has 1 saturated heterocycles. The van der Waals surface area contributed by atoms with Gasteiger partial charge in [-0.25, -0.2) is 9.78 Å². The monoisotopic (exact) mass is 524 g/mol. The fraction of sp³-hybridized carbons (Fsp3) is 0.391. The van der Waals surface area contributed by atoms with Gasteiger partial charge in [0.2, 0.25) is 5.95 Å². The first-order valence-electron chi connectivity index (χ1n) is 11.6. The van der Waals surface area contributed by atoms with Gasteiger partial charge in [-0.05, 0) is 32.4 Å². The number of rotatable bonds is 7. The molecule has 2 aromatic heterocycles. The molecule has 1 aliphatic rings. The van der Waals surface area contributed by atoms with Crippen LogP contribution in [0, 0.1) is 22.7 Å². The predicted octanol–water partition coefficient (Wildman–Crippen LogP) is 2.38. The second-order valence-corrected chi connectivity index (χ2v) is 8.55. The van der Waals surface area contributed by atoms with Gasteiger partial charge in [-0.3, -0.25) is 0 Å². The van der Waals surface area contributed by atoms with Crippen LogP contribution in [0.25, 0.3) is 5.65 Å². The number of halogens is 1. The van der Waals surface area contributed by atoms with Crippen LogP contribution < -0.4 is 20.9 Å². The van der Waals surface area contributed by atoms with E-state index in [1.54, 1.807) is 19.1 Å². The molecule has 1 aliphatic heterocycles. The van der Waals surface area contributed by atoms with Crippen molar-refractivity contribution in [2.45, 2.75) is 32.4 Å². The van der Waals surface area contributed by atoms with Gasteiger partial charge in [-0.1, -0.05) is 11.6 Å². The molecule has 4 N–H and O–H groups in total. The molecule has 0 unspecified atom stereocenters. The highest BCUT2D eigenvalue weighted by atomic mass is 35.5. The molecule has 1 fully saturated rings. The van der Waals surface area contributed by atoms with Crippen molar-refractivity contribution in [2.75, 3.05) is 41.8 Å². The van der Waals surface area contributed by atoms with Crippen molar-refractivity contribution >= 4 is 46.5 Å². The molecule has 1 amide bonds. The molecule has 0 radical (unpaired) electrons. The lowest BCUT2D eigenvalue weighted by atomic mass is 10.0.